The molecule has 1 fully saturated rings. The van der Waals surface area contributed by atoms with E-state index in [1.54, 1.807) is 12.1 Å². The van der Waals surface area contributed by atoms with E-state index in [0.717, 1.165) is 38.2 Å². The molecule has 26 heavy (non-hydrogen) atoms. The lowest BCUT2D eigenvalue weighted by Gasteiger charge is -2.38. The summed E-state index contributed by atoms with van der Waals surface area (Å²) in [4.78, 5) is 4.88. The Balaban J connectivity index is 0.00000169. The van der Waals surface area contributed by atoms with Crippen molar-refractivity contribution in [3.05, 3.63) is 59.2 Å². The third kappa shape index (κ3) is 5.71. The van der Waals surface area contributed by atoms with Crippen LogP contribution in [0.5, 0.6) is 11.5 Å². The van der Waals surface area contributed by atoms with Crippen LogP contribution in [-0.4, -0.2) is 53.2 Å². The van der Waals surface area contributed by atoms with Crippen molar-refractivity contribution >= 4 is 34.0 Å². The lowest BCUT2D eigenvalue weighted by atomic mass is 9.95. The van der Waals surface area contributed by atoms with Gasteiger partial charge in [0.15, 0.2) is 11.5 Å². The fourth-order valence-corrected chi connectivity index (χ4v) is 3.30. The molecule has 0 bridgehead atoms. The molecule has 1 heterocycles. The lowest BCUT2D eigenvalue weighted by Crippen LogP contribution is -2.46. The summed E-state index contributed by atoms with van der Waals surface area (Å²) in [6.45, 7) is 6.33. The van der Waals surface area contributed by atoms with Gasteiger partial charge in [-0.2, -0.15) is 0 Å². The van der Waals surface area contributed by atoms with Crippen molar-refractivity contribution in [3.63, 3.8) is 0 Å². The molecule has 2 aromatic rings. The molecule has 0 radical (unpaired) electrons. The molecule has 1 saturated heterocycles. The second-order valence-corrected chi connectivity index (χ2v) is 6.79. The quantitative estimate of drug-likeness (QED) is 0.637. The predicted molar refractivity (Wildman–Crippen MR) is 117 cm³/mol. The van der Waals surface area contributed by atoms with E-state index in [2.05, 4.69) is 48.0 Å². The Kier molecular flexibility index (Phi) is 9.10. The first-order valence-corrected chi connectivity index (χ1v) is 8.53. The Morgan fingerprint density at radius 3 is 2.08 bits per heavy atom. The summed E-state index contributed by atoms with van der Waals surface area (Å²) >= 11 is 0. The van der Waals surface area contributed by atoms with Gasteiger partial charge in [-0.15, -0.1) is 34.0 Å². The van der Waals surface area contributed by atoms with Gasteiger partial charge < -0.3 is 15.1 Å². The van der Waals surface area contributed by atoms with Gasteiger partial charge in [-0.25, -0.2) is 0 Å². The lowest BCUT2D eigenvalue weighted by molar-refractivity contribution is 0.111. The van der Waals surface area contributed by atoms with Crippen LogP contribution in [0.25, 0.3) is 0 Å². The second-order valence-electron chi connectivity index (χ2n) is 6.79. The number of phenolic OH excluding ortho intramolecular Hbond substituents is 2. The van der Waals surface area contributed by atoms with E-state index < -0.39 is 0 Å². The average molecular weight is 488 g/mol. The van der Waals surface area contributed by atoms with Gasteiger partial charge in [-0.05, 0) is 43.7 Å². The maximum absolute atomic E-state index is 9.79. The van der Waals surface area contributed by atoms with Crippen molar-refractivity contribution < 1.29 is 10.2 Å². The maximum Gasteiger partial charge on any atom is 0.157 e. The van der Waals surface area contributed by atoms with Crippen LogP contribution in [0.15, 0.2) is 42.5 Å². The Hall–Kier alpha value is -1.08. The average Bonchev–Trinajstić information content (AvgIpc) is 2.58. The highest BCUT2D eigenvalue weighted by Gasteiger charge is 2.24. The molecular weight excluding hydrogens is 460 g/mol. The van der Waals surface area contributed by atoms with Crippen LogP contribution in [0.4, 0.5) is 0 Å². The number of likely N-dealkylation sites (N-methyl/N-ethyl adjacent to an activating group) is 1. The van der Waals surface area contributed by atoms with Crippen LogP contribution < -0.4 is 0 Å². The van der Waals surface area contributed by atoms with Gasteiger partial charge in [0, 0.05) is 32.2 Å². The van der Waals surface area contributed by atoms with E-state index in [9.17, 15) is 10.2 Å². The zero-order valence-corrected chi connectivity index (χ0v) is 18.7. The van der Waals surface area contributed by atoms with E-state index in [1.165, 1.54) is 11.1 Å². The molecule has 1 aliphatic heterocycles. The zero-order chi connectivity index (χ0) is 17.1. The Labute approximate surface area is 177 Å². The van der Waals surface area contributed by atoms with Crippen LogP contribution in [0.1, 0.15) is 22.7 Å². The highest BCUT2D eigenvalue weighted by molar-refractivity contribution is 8.93. The third-order valence-corrected chi connectivity index (χ3v) is 4.91. The number of rotatable bonds is 4. The van der Waals surface area contributed by atoms with Crippen LogP contribution in [0.3, 0.4) is 0 Å². The Morgan fingerprint density at radius 2 is 1.50 bits per heavy atom. The number of aromatic hydroxyl groups is 2. The summed E-state index contributed by atoms with van der Waals surface area (Å²) in [7, 11) is 2.16. The van der Waals surface area contributed by atoms with Gasteiger partial charge in [0.2, 0.25) is 0 Å². The van der Waals surface area contributed by atoms with Gasteiger partial charge in [0.25, 0.3) is 0 Å². The van der Waals surface area contributed by atoms with E-state index in [0.29, 0.717) is 0 Å². The number of benzene rings is 2. The minimum Gasteiger partial charge on any atom is -0.504 e. The number of nitrogens with zero attached hydrogens (tertiary/aromatic N) is 2. The fraction of sp³-hybridized carbons (Fsp3) is 0.400. The highest BCUT2D eigenvalue weighted by Crippen LogP contribution is 2.30. The summed E-state index contributed by atoms with van der Waals surface area (Å²) in [5, 5.41) is 19.3. The van der Waals surface area contributed by atoms with E-state index in [4.69, 9.17) is 0 Å². The molecule has 1 atom stereocenters. The number of hydrogen-bond acceptors (Lipinski definition) is 4. The van der Waals surface area contributed by atoms with Crippen molar-refractivity contribution in [2.24, 2.45) is 0 Å². The molecule has 0 aliphatic carbocycles. The smallest absolute Gasteiger partial charge is 0.157 e. The van der Waals surface area contributed by atoms with Gasteiger partial charge in [-0.3, -0.25) is 4.90 Å². The van der Waals surface area contributed by atoms with Gasteiger partial charge in [0.1, 0.15) is 0 Å². The van der Waals surface area contributed by atoms with Gasteiger partial charge in [0.05, 0.1) is 0 Å². The number of piperazine rings is 1. The summed E-state index contributed by atoms with van der Waals surface area (Å²) in [6, 6.07) is 14.2. The largest absolute Gasteiger partial charge is 0.504 e. The monoisotopic (exact) mass is 486 g/mol. The number of halogens is 2. The van der Waals surface area contributed by atoms with Crippen molar-refractivity contribution in [2.75, 3.05) is 33.2 Å². The minimum absolute atomic E-state index is 0. The van der Waals surface area contributed by atoms with Crippen LogP contribution in [-0.2, 0) is 6.42 Å². The minimum atomic E-state index is -0.0646. The summed E-state index contributed by atoms with van der Waals surface area (Å²) < 4.78 is 0. The van der Waals surface area contributed by atoms with Crippen molar-refractivity contribution in [1.82, 2.24) is 9.80 Å². The van der Waals surface area contributed by atoms with Gasteiger partial charge in [-0.1, -0.05) is 35.9 Å². The maximum atomic E-state index is 9.79. The normalized spacial score (nSPS) is 16.4. The standard InChI is InChI=1S/C20H26N2O2.2BrH/c1-15-3-6-17(7-4-15)18(22-11-9-21(2)10-12-22)13-16-5-8-19(23)20(24)14-16;;/h3-8,14,18,23-24H,9-13H2,1-2H3;2*1H. The Morgan fingerprint density at radius 1 is 0.885 bits per heavy atom. The first kappa shape index (κ1) is 23.0. The Bertz CT molecular complexity index is 687. The SMILES string of the molecule is Br.Br.Cc1ccc(C(Cc2ccc(O)c(O)c2)N2CCN(C)CC2)cc1. The first-order chi connectivity index (χ1) is 11.5. The predicted octanol–water partition coefficient (Wildman–Crippen LogP) is 4.09. The first-order valence-electron chi connectivity index (χ1n) is 8.53. The molecule has 4 nitrogen and oxygen atoms in total. The van der Waals surface area contributed by atoms with E-state index >= 15 is 0 Å². The van der Waals surface area contributed by atoms with E-state index in [1.807, 2.05) is 6.07 Å². The highest BCUT2D eigenvalue weighted by atomic mass is 79.9. The molecule has 2 aromatic carbocycles. The van der Waals surface area contributed by atoms with Crippen molar-refractivity contribution in [3.8, 4) is 11.5 Å². The summed E-state index contributed by atoms with van der Waals surface area (Å²) in [5.74, 6) is -0.112. The number of hydrogen-bond donors (Lipinski definition) is 2. The molecule has 2 N–H and O–H groups in total. The third-order valence-electron chi connectivity index (χ3n) is 4.91. The van der Waals surface area contributed by atoms with Crippen molar-refractivity contribution in [1.29, 1.82) is 0 Å². The molecule has 1 unspecified atom stereocenters. The molecular formula is C20H28Br2N2O2. The molecule has 0 saturated carbocycles. The molecule has 0 spiro atoms. The van der Waals surface area contributed by atoms with Crippen LogP contribution >= 0.6 is 34.0 Å². The number of aryl methyl sites for hydroxylation is 1. The molecule has 144 valence electrons. The molecule has 1 aliphatic rings. The van der Waals surface area contributed by atoms with Crippen LogP contribution in [0, 0.1) is 6.92 Å². The van der Waals surface area contributed by atoms with Crippen molar-refractivity contribution in [2.45, 2.75) is 19.4 Å². The second kappa shape index (κ2) is 10.3. The summed E-state index contributed by atoms with van der Waals surface area (Å²) in [6.07, 6.45) is 0.820. The summed E-state index contributed by atoms with van der Waals surface area (Å²) in [5.41, 5.74) is 3.60. The van der Waals surface area contributed by atoms with E-state index in [-0.39, 0.29) is 51.5 Å². The fourth-order valence-electron chi connectivity index (χ4n) is 3.30. The molecule has 0 amide bonds. The topological polar surface area (TPSA) is 46.9 Å². The van der Waals surface area contributed by atoms with Crippen LogP contribution in [0.2, 0.25) is 0 Å². The molecule has 6 heteroatoms. The molecule has 3 rings (SSSR count). The zero-order valence-electron chi connectivity index (χ0n) is 15.3. The molecule has 0 aromatic heterocycles. The van der Waals surface area contributed by atoms with Gasteiger partial charge >= 0.3 is 0 Å². The number of phenols is 2.